The SMILES string of the molecule is Cc1[nH]c(=O)c(Br)c(OCc2ccc(F)cc2F)c1Cc1cnc(NC(=O)CO)cn1. The lowest BCUT2D eigenvalue weighted by Gasteiger charge is -2.15. The lowest BCUT2D eigenvalue weighted by atomic mass is 10.1. The summed E-state index contributed by atoms with van der Waals surface area (Å²) in [5, 5.41) is 11.1. The number of nitrogens with one attached hydrogen (secondary N) is 2. The van der Waals surface area contributed by atoms with Crippen LogP contribution in [0.25, 0.3) is 0 Å². The van der Waals surface area contributed by atoms with Crippen LogP contribution in [0.1, 0.15) is 22.5 Å². The molecule has 2 heterocycles. The molecule has 3 aromatic rings. The molecule has 2 aromatic heterocycles. The molecule has 11 heteroatoms. The number of carbonyl (C=O) groups is 1. The molecule has 3 rings (SSSR count). The van der Waals surface area contributed by atoms with E-state index in [1.54, 1.807) is 6.92 Å². The number of anilines is 1. The number of aryl methyl sites for hydroxylation is 1. The van der Waals surface area contributed by atoms with Crippen molar-refractivity contribution in [3.8, 4) is 5.75 Å². The quantitative estimate of drug-likeness (QED) is 0.464. The zero-order valence-corrected chi connectivity index (χ0v) is 17.8. The first-order valence-corrected chi connectivity index (χ1v) is 9.77. The minimum Gasteiger partial charge on any atom is -0.487 e. The van der Waals surface area contributed by atoms with Gasteiger partial charge in [-0.15, -0.1) is 0 Å². The van der Waals surface area contributed by atoms with E-state index in [1.165, 1.54) is 18.5 Å². The molecule has 8 nitrogen and oxygen atoms in total. The monoisotopic (exact) mass is 494 g/mol. The Bertz CT molecular complexity index is 1170. The van der Waals surface area contributed by atoms with Gasteiger partial charge in [-0.05, 0) is 35.0 Å². The lowest BCUT2D eigenvalue weighted by Crippen LogP contribution is -2.17. The van der Waals surface area contributed by atoms with Gasteiger partial charge in [0.05, 0.1) is 18.1 Å². The Morgan fingerprint density at radius 3 is 2.71 bits per heavy atom. The first kappa shape index (κ1) is 22.5. The van der Waals surface area contributed by atoms with Gasteiger partial charge in [0.1, 0.15) is 35.1 Å². The second-order valence-corrected chi connectivity index (χ2v) is 7.29. The average molecular weight is 495 g/mol. The van der Waals surface area contributed by atoms with Crippen LogP contribution in [0.5, 0.6) is 5.75 Å². The summed E-state index contributed by atoms with van der Waals surface area (Å²) in [6.07, 6.45) is 2.96. The number of amides is 1. The Balaban J connectivity index is 1.87. The molecular formula is C20H17BrF2N4O4. The fraction of sp³-hybridized carbons (Fsp3) is 0.200. The standard InChI is InChI=1S/C20H17BrF2N4O4/c1-10-14(5-13-6-25-16(7-24-13)27-17(29)8-28)19(18(21)20(30)26-10)31-9-11-2-3-12(22)4-15(11)23/h2-4,6-7,28H,5,8-9H2,1H3,(H,26,30)(H,25,27,29). The van der Waals surface area contributed by atoms with E-state index in [0.717, 1.165) is 12.1 Å². The van der Waals surface area contributed by atoms with Crippen LogP contribution in [-0.2, 0) is 17.8 Å². The van der Waals surface area contributed by atoms with Crippen molar-refractivity contribution in [2.24, 2.45) is 0 Å². The fourth-order valence-corrected chi connectivity index (χ4v) is 3.19. The predicted molar refractivity (Wildman–Crippen MR) is 111 cm³/mol. The summed E-state index contributed by atoms with van der Waals surface area (Å²) in [4.78, 5) is 34.4. The van der Waals surface area contributed by atoms with Crippen molar-refractivity contribution in [3.63, 3.8) is 0 Å². The Labute approximate surface area is 183 Å². The molecule has 31 heavy (non-hydrogen) atoms. The van der Waals surface area contributed by atoms with Gasteiger partial charge in [-0.3, -0.25) is 14.6 Å². The third kappa shape index (κ3) is 5.50. The minimum absolute atomic E-state index is 0.121. The van der Waals surface area contributed by atoms with Crippen LogP contribution in [0.2, 0.25) is 0 Å². The molecule has 0 spiro atoms. The van der Waals surface area contributed by atoms with Crippen LogP contribution in [0, 0.1) is 18.6 Å². The van der Waals surface area contributed by atoms with E-state index in [1.807, 2.05) is 0 Å². The van der Waals surface area contributed by atoms with Gasteiger partial charge in [0, 0.05) is 29.3 Å². The van der Waals surface area contributed by atoms with Crippen LogP contribution in [-0.4, -0.2) is 32.6 Å². The lowest BCUT2D eigenvalue weighted by molar-refractivity contribution is -0.118. The zero-order chi connectivity index (χ0) is 22.5. The van der Waals surface area contributed by atoms with E-state index in [0.29, 0.717) is 17.0 Å². The third-order valence-corrected chi connectivity index (χ3v) is 5.01. The van der Waals surface area contributed by atoms with Crippen molar-refractivity contribution in [2.75, 3.05) is 11.9 Å². The molecule has 0 aliphatic rings. The van der Waals surface area contributed by atoms with Crippen molar-refractivity contribution in [1.29, 1.82) is 0 Å². The highest BCUT2D eigenvalue weighted by molar-refractivity contribution is 9.10. The highest BCUT2D eigenvalue weighted by Crippen LogP contribution is 2.30. The number of hydrogen-bond donors (Lipinski definition) is 3. The number of halogens is 3. The van der Waals surface area contributed by atoms with E-state index in [4.69, 9.17) is 9.84 Å². The van der Waals surface area contributed by atoms with Gasteiger partial charge >= 0.3 is 0 Å². The number of ether oxygens (including phenoxy) is 1. The van der Waals surface area contributed by atoms with Crippen LogP contribution in [0.15, 0.2) is 39.9 Å². The normalized spacial score (nSPS) is 10.7. The number of aliphatic hydroxyl groups is 1. The Morgan fingerprint density at radius 1 is 1.29 bits per heavy atom. The molecule has 0 saturated carbocycles. The predicted octanol–water partition coefficient (Wildman–Crippen LogP) is 2.61. The molecule has 0 radical (unpaired) electrons. The first-order valence-electron chi connectivity index (χ1n) is 8.98. The molecule has 162 valence electrons. The number of carbonyl (C=O) groups excluding carboxylic acids is 1. The van der Waals surface area contributed by atoms with Gasteiger partial charge in [-0.2, -0.15) is 0 Å². The van der Waals surface area contributed by atoms with Crippen LogP contribution < -0.4 is 15.6 Å². The number of benzene rings is 1. The Hall–Kier alpha value is -3.18. The second-order valence-electron chi connectivity index (χ2n) is 6.50. The zero-order valence-electron chi connectivity index (χ0n) is 16.2. The van der Waals surface area contributed by atoms with E-state index in [2.05, 4.69) is 36.2 Å². The topological polar surface area (TPSA) is 117 Å². The van der Waals surface area contributed by atoms with E-state index in [-0.39, 0.29) is 34.6 Å². The number of nitrogens with zero attached hydrogens (tertiary/aromatic N) is 2. The largest absolute Gasteiger partial charge is 0.487 e. The summed E-state index contributed by atoms with van der Waals surface area (Å²) < 4.78 is 32.9. The fourth-order valence-electron chi connectivity index (χ4n) is 2.73. The number of rotatable bonds is 7. The summed E-state index contributed by atoms with van der Waals surface area (Å²) in [6, 6.07) is 3.14. The van der Waals surface area contributed by atoms with Gasteiger partial charge in [0.25, 0.3) is 11.5 Å². The first-order chi connectivity index (χ1) is 14.8. The number of H-pyrrole nitrogens is 1. The molecule has 3 N–H and O–H groups in total. The Morgan fingerprint density at radius 2 is 2.06 bits per heavy atom. The molecule has 0 aliphatic heterocycles. The number of hydrogen-bond acceptors (Lipinski definition) is 6. The maximum Gasteiger partial charge on any atom is 0.266 e. The van der Waals surface area contributed by atoms with Crippen molar-refractivity contribution in [2.45, 2.75) is 20.0 Å². The van der Waals surface area contributed by atoms with Crippen molar-refractivity contribution < 1.29 is 23.4 Å². The molecule has 0 fully saturated rings. The molecular weight excluding hydrogens is 478 g/mol. The second kappa shape index (κ2) is 9.75. The van der Waals surface area contributed by atoms with Crippen LogP contribution in [0.4, 0.5) is 14.6 Å². The third-order valence-electron chi connectivity index (χ3n) is 4.29. The van der Waals surface area contributed by atoms with Gasteiger partial charge < -0.3 is 20.1 Å². The summed E-state index contributed by atoms with van der Waals surface area (Å²) in [6.45, 7) is 0.777. The van der Waals surface area contributed by atoms with E-state index < -0.39 is 29.7 Å². The van der Waals surface area contributed by atoms with Gasteiger partial charge in [0.2, 0.25) is 0 Å². The number of aliphatic hydroxyl groups excluding tert-OH is 1. The molecule has 0 unspecified atom stereocenters. The molecule has 0 bridgehead atoms. The molecule has 0 aliphatic carbocycles. The highest BCUT2D eigenvalue weighted by Gasteiger charge is 2.18. The molecule has 1 aromatic carbocycles. The summed E-state index contributed by atoms with van der Waals surface area (Å²) in [5.41, 5.74) is 1.30. The van der Waals surface area contributed by atoms with Crippen LogP contribution >= 0.6 is 15.9 Å². The van der Waals surface area contributed by atoms with Crippen LogP contribution in [0.3, 0.4) is 0 Å². The van der Waals surface area contributed by atoms with E-state index in [9.17, 15) is 18.4 Å². The summed E-state index contributed by atoms with van der Waals surface area (Å²) in [7, 11) is 0. The van der Waals surface area contributed by atoms with Crippen molar-refractivity contribution in [3.05, 3.63) is 79.6 Å². The highest BCUT2D eigenvalue weighted by atomic mass is 79.9. The van der Waals surface area contributed by atoms with Gasteiger partial charge in [-0.1, -0.05) is 0 Å². The summed E-state index contributed by atoms with van der Waals surface area (Å²) in [5.74, 6) is -1.71. The minimum atomic E-state index is -0.759. The molecule has 0 atom stereocenters. The number of aromatic amines is 1. The van der Waals surface area contributed by atoms with Gasteiger partial charge in [-0.25, -0.2) is 13.8 Å². The van der Waals surface area contributed by atoms with Crippen molar-refractivity contribution in [1.82, 2.24) is 15.0 Å². The summed E-state index contributed by atoms with van der Waals surface area (Å²) >= 11 is 3.20. The maximum atomic E-state index is 14.0. The Kier molecular flexibility index (Phi) is 7.08. The molecule has 0 saturated heterocycles. The number of pyridine rings is 1. The molecule has 1 amide bonds. The van der Waals surface area contributed by atoms with E-state index >= 15 is 0 Å². The average Bonchev–Trinajstić information content (AvgIpc) is 2.74. The maximum absolute atomic E-state index is 14.0. The number of aromatic nitrogens is 3. The smallest absolute Gasteiger partial charge is 0.266 e. The van der Waals surface area contributed by atoms with Crippen molar-refractivity contribution >= 4 is 27.7 Å². The van der Waals surface area contributed by atoms with Gasteiger partial charge in [0.15, 0.2) is 5.82 Å².